The van der Waals surface area contributed by atoms with E-state index in [2.05, 4.69) is 4.72 Å². The Hall–Kier alpha value is -2.49. The van der Waals surface area contributed by atoms with Crippen LogP contribution >= 0.6 is 0 Å². The molecule has 2 rings (SSSR count). The average Bonchev–Trinajstić information content (AvgIpc) is 2.59. The van der Waals surface area contributed by atoms with Crippen molar-refractivity contribution in [1.82, 2.24) is 4.90 Å². The molecule has 0 bridgehead atoms. The van der Waals surface area contributed by atoms with E-state index in [-0.39, 0.29) is 17.3 Å². The molecule has 156 valence electrons. The topological polar surface area (TPSA) is 105 Å². The van der Waals surface area contributed by atoms with Gasteiger partial charge in [0.2, 0.25) is 10.0 Å². The van der Waals surface area contributed by atoms with Gasteiger partial charge < -0.3 is 19.3 Å². The second-order valence-electron chi connectivity index (χ2n) is 7.55. The maximum atomic E-state index is 12.2. The third-order valence-electron chi connectivity index (χ3n) is 4.00. The van der Waals surface area contributed by atoms with Crippen LogP contribution in [0.1, 0.15) is 31.1 Å². The Bertz CT molecular complexity index is 839. The van der Waals surface area contributed by atoms with Gasteiger partial charge in [0.15, 0.2) is 0 Å². The third-order valence-corrected chi connectivity index (χ3v) is 4.59. The highest BCUT2D eigenvalue weighted by molar-refractivity contribution is 7.92. The Morgan fingerprint density at radius 2 is 1.71 bits per heavy atom. The van der Waals surface area contributed by atoms with E-state index in [9.17, 15) is 18.0 Å². The minimum absolute atomic E-state index is 0.125. The number of benzene rings is 1. The number of amides is 1. The summed E-state index contributed by atoms with van der Waals surface area (Å²) in [7, 11) is -2.31. The Morgan fingerprint density at radius 1 is 1.11 bits per heavy atom. The summed E-state index contributed by atoms with van der Waals surface area (Å²) in [4.78, 5) is 27.9. The van der Waals surface area contributed by atoms with Gasteiger partial charge in [-0.2, -0.15) is 0 Å². The second kappa shape index (κ2) is 8.26. The van der Waals surface area contributed by atoms with Crippen LogP contribution in [0.5, 0.6) is 0 Å². The summed E-state index contributed by atoms with van der Waals surface area (Å²) in [5.41, 5.74) is 0.472. The monoisotopic (exact) mass is 413 g/mol. The lowest BCUT2D eigenvalue weighted by molar-refractivity contribution is 0.0240. The molecule has 0 spiro atoms. The van der Waals surface area contributed by atoms with Crippen LogP contribution in [0.4, 0.5) is 16.2 Å². The fourth-order valence-electron chi connectivity index (χ4n) is 2.77. The van der Waals surface area contributed by atoms with Crippen molar-refractivity contribution < 1.29 is 27.5 Å². The molecule has 1 saturated heterocycles. The van der Waals surface area contributed by atoms with Crippen molar-refractivity contribution in [3.05, 3.63) is 23.8 Å². The van der Waals surface area contributed by atoms with Gasteiger partial charge in [0.1, 0.15) is 5.60 Å². The molecule has 0 radical (unpaired) electrons. The Kier molecular flexibility index (Phi) is 6.43. The summed E-state index contributed by atoms with van der Waals surface area (Å²) in [6, 6.07) is 4.84. The summed E-state index contributed by atoms with van der Waals surface area (Å²) < 4.78 is 35.5. The first-order chi connectivity index (χ1) is 12.9. The molecule has 1 fully saturated rings. The number of hydrogen-bond donors (Lipinski definition) is 1. The standard InChI is InChI=1S/C18H27N3O6S/c1-18(2,3)27-17(23)21-10-8-20(9-11-21)13-6-7-15(19-28(5,24)25)14(12-13)16(22)26-4/h6-7,12,19H,8-11H2,1-5H3. The fourth-order valence-corrected chi connectivity index (χ4v) is 3.35. The molecule has 1 aromatic carbocycles. The van der Waals surface area contributed by atoms with Gasteiger partial charge in [-0.1, -0.05) is 0 Å². The van der Waals surface area contributed by atoms with Gasteiger partial charge in [-0.15, -0.1) is 0 Å². The van der Waals surface area contributed by atoms with Crippen LogP contribution < -0.4 is 9.62 Å². The van der Waals surface area contributed by atoms with Crippen molar-refractivity contribution in [1.29, 1.82) is 0 Å². The maximum absolute atomic E-state index is 12.2. The number of ether oxygens (including phenoxy) is 2. The number of nitrogens with one attached hydrogen (secondary N) is 1. The molecule has 1 amide bonds. The second-order valence-corrected chi connectivity index (χ2v) is 9.30. The van der Waals surface area contributed by atoms with E-state index in [1.807, 2.05) is 25.7 Å². The van der Waals surface area contributed by atoms with E-state index < -0.39 is 21.6 Å². The van der Waals surface area contributed by atoms with Crippen molar-refractivity contribution >= 4 is 33.5 Å². The number of sulfonamides is 1. The largest absolute Gasteiger partial charge is 0.465 e. The molecule has 0 saturated carbocycles. The highest BCUT2D eigenvalue weighted by Crippen LogP contribution is 2.26. The van der Waals surface area contributed by atoms with Crippen LogP contribution in [-0.4, -0.2) is 70.5 Å². The smallest absolute Gasteiger partial charge is 0.410 e. The van der Waals surface area contributed by atoms with Gasteiger partial charge in [-0.05, 0) is 39.0 Å². The first-order valence-electron chi connectivity index (χ1n) is 8.82. The van der Waals surface area contributed by atoms with Crippen LogP contribution in [0, 0.1) is 0 Å². The van der Waals surface area contributed by atoms with Crippen molar-refractivity contribution in [2.45, 2.75) is 26.4 Å². The fraction of sp³-hybridized carbons (Fsp3) is 0.556. The summed E-state index contributed by atoms with van der Waals surface area (Å²) >= 11 is 0. The van der Waals surface area contributed by atoms with E-state index in [1.54, 1.807) is 17.0 Å². The number of rotatable bonds is 4. The first kappa shape index (κ1) is 21.8. The molecule has 1 aliphatic rings. The van der Waals surface area contributed by atoms with E-state index in [4.69, 9.17) is 9.47 Å². The number of nitrogens with zero attached hydrogens (tertiary/aromatic N) is 2. The highest BCUT2D eigenvalue weighted by atomic mass is 32.2. The number of hydrogen-bond acceptors (Lipinski definition) is 7. The number of esters is 1. The Labute approximate surface area is 165 Å². The summed E-state index contributed by atoms with van der Waals surface area (Å²) in [5, 5.41) is 0. The number of piperazine rings is 1. The first-order valence-corrected chi connectivity index (χ1v) is 10.7. The number of carbonyl (C=O) groups is 2. The zero-order valence-corrected chi connectivity index (χ0v) is 17.6. The molecule has 0 unspecified atom stereocenters. The van der Waals surface area contributed by atoms with Crippen LogP contribution in [0.3, 0.4) is 0 Å². The molecule has 1 N–H and O–H groups in total. The normalized spacial score (nSPS) is 15.2. The quantitative estimate of drug-likeness (QED) is 0.752. The van der Waals surface area contributed by atoms with E-state index in [0.717, 1.165) is 11.9 Å². The van der Waals surface area contributed by atoms with Crippen LogP contribution in [-0.2, 0) is 19.5 Å². The molecule has 0 aliphatic carbocycles. The van der Waals surface area contributed by atoms with Crippen molar-refractivity contribution in [3.8, 4) is 0 Å². The lowest BCUT2D eigenvalue weighted by Crippen LogP contribution is -2.50. The molecule has 10 heteroatoms. The number of carbonyl (C=O) groups excluding carboxylic acids is 2. The Balaban J connectivity index is 2.14. The predicted molar refractivity (Wildman–Crippen MR) is 106 cm³/mol. The molecule has 0 atom stereocenters. The Morgan fingerprint density at radius 3 is 2.21 bits per heavy atom. The van der Waals surface area contributed by atoms with Gasteiger partial charge in [-0.25, -0.2) is 18.0 Å². The molecular weight excluding hydrogens is 386 g/mol. The molecule has 1 heterocycles. The minimum atomic E-state index is -3.54. The third kappa shape index (κ3) is 6.01. The highest BCUT2D eigenvalue weighted by Gasteiger charge is 2.26. The predicted octanol–water partition coefficient (Wildman–Crippen LogP) is 1.90. The molecule has 1 aliphatic heterocycles. The molecule has 1 aromatic rings. The van der Waals surface area contributed by atoms with Crippen molar-refractivity contribution in [3.63, 3.8) is 0 Å². The summed E-state index contributed by atoms with van der Waals surface area (Å²) in [5.74, 6) is -0.639. The molecule has 9 nitrogen and oxygen atoms in total. The molecule has 28 heavy (non-hydrogen) atoms. The number of methoxy groups -OCH3 is 1. The zero-order chi connectivity index (χ0) is 21.1. The maximum Gasteiger partial charge on any atom is 0.410 e. The average molecular weight is 413 g/mol. The zero-order valence-electron chi connectivity index (χ0n) is 16.8. The molecular formula is C18H27N3O6S. The number of anilines is 2. The SMILES string of the molecule is COC(=O)c1cc(N2CCN(C(=O)OC(C)(C)C)CC2)ccc1NS(C)(=O)=O. The van der Waals surface area contributed by atoms with E-state index >= 15 is 0 Å². The van der Waals surface area contributed by atoms with Crippen molar-refractivity contribution in [2.75, 3.05) is 49.2 Å². The van der Waals surface area contributed by atoms with Gasteiger partial charge in [0.25, 0.3) is 0 Å². The van der Waals surface area contributed by atoms with Crippen LogP contribution in [0.2, 0.25) is 0 Å². The van der Waals surface area contributed by atoms with E-state index in [0.29, 0.717) is 26.2 Å². The summed E-state index contributed by atoms with van der Waals surface area (Å²) in [6.45, 7) is 7.53. The summed E-state index contributed by atoms with van der Waals surface area (Å²) in [6.07, 6.45) is 0.660. The van der Waals surface area contributed by atoms with Crippen molar-refractivity contribution in [2.24, 2.45) is 0 Å². The van der Waals surface area contributed by atoms with Gasteiger partial charge in [0.05, 0.1) is 24.6 Å². The van der Waals surface area contributed by atoms with Gasteiger partial charge in [-0.3, -0.25) is 4.72 Å². The minimum Gasteiger partial charge on any atom is -0.465 e. The van der Waals surface area contributed by atoms with E-state index in [1.165, 1.54) is 13.2 Å². The van der Waals surface area contributed by atoms with Gasteiger partial charge >= 0.3 is 12.1 Å². The lowest BCUT2D eigenvalue weighted by atomic mass is 10.1. The van der Waals surface area contributed by atoms with Gasteiger partial charge in [0, 0.05) is 31.9 Å². The van der Waals surface area contributed by atoms with Crippen LogP contribution in [0.15, 0.2) is 18.2 Å². The molecule has 0 aromatic heterocycles. The van der Waals surface area contributed by atoms with Crippen LogP contribution in [0.25, 0.3) is 0 Å². The lowest BCUT2D eigenvalue weighted by Gasteiger charge is -2.37.